The van der Waals surface area contributed by atoms with Gasteiger partial charge in [-0.1, -0.05) is 62.2 Å². The summed E-state index contributed by atoms with van der Waals surface area (Å²) in [5.74, 6) is -2.07. The molecule has 3 aliphatic rings. The van der Waals surface area contributed by atoms with Crippen molar-refractivity contribution in [3.8, 4) is 0 Å². The number of likely N-dealkylation sites (N-methyl/N-ethyl adjacent to an activating group) is 1. The van der Waals surface area contributed by atoms with Crippen molar-refractivity contribution < 1.29 is 24.2 Å². The molecule has 0 aliphatic carbocycles. The molecule has 1 aromatic carbocycles. The normalized spacial score (nSPS) is 27.8. The minimum atomic E-state index is -1.09. The largest absolute Gasteiger partial charge is 0.394 e. The van der Waals surface area contributed by atoms with E-state index in [0.717, 1.165) is 24.8 Å². The first kappa shape index (κ1) is 29.0. The predicted octanol–water partition coefficient (Wildman–Crippen LogP) is 2.81. The van der Waals surface area contributed by atoms with Gasteiger partial charge in [0.25, 0.3) is 0 Å². The standard InChI is InChI=1S/C31H43N3O5/c1-5-8-12-19-33(18-7-3)30(38)27-31-16-15-24(39-31)25(28(36)32(4)17-6-2)26(31)29(37)34(27)23(21-35)20-22-13-10-9-11-14-22/h6-7,9-11,13-14,23-27,35H,2-3,5,8,12,15-21H2,1,4H3/t23-,24+,25-,26+,27?,31?/m1/s1. The number of benzene rings is 1. The van der Waals surface area contributed by atoms with E-state index in [1.165, 1.54) is 0 Å². The van der Waals surface area contributed by atoms with Crippen LogP contribution in [-0.2, 0) is 25.5 Å². The van der Waals surface area contributed by atoms with Gasteiger partial charge in [-0.2, -0.15) is 0 Å². The highest BCUT2D eigenvalue weighted by atomic mass is 16.5. The van der Waals surface area contributed by atoms with Gasteiger partial charge >= 0.3 is 0 Å². The molecular formula is C31H43N3O5. The van der Waals surface area contributed by atoms with E-state index in [-0.39, 0.29) is 24.3 Å². The molecule has 212 valence electrons. The topological polar surface area (TPSA) is 90.4 Å². The van der Waals surface area contributed by atoms with Crippen molar-refractivity contribution in [2.45, 2.75) is 69.2 Å². The molecule has 3 amide bonds. The Hall–Kier alpha value is -2.97. The van der Waals surface area contributed by atoms with Crippen molar-refractivity contribution in [3.63, 3.8) is 0 Å². The molecule has 3 fully saturated rings. The number of rotatable bonds is 14. The first-order valence-corrected chi connectivity index (χ1v) is 14.2. The summed E-state index contributed by atoms with van der Waals surface area (Å²) in [7, 11) is 1.70. The summed E-state index contributed by atoms with van der Waals surface area (Å²) in [5.41, 5.74) is -0.137. The van der Waals surface area contributed by atoms with E-state index >= 15 is 0 Å². The van der Waals surface area contributed by atoms with E-state index in [9.17, 15) is 19.5 Å². The maximum Gasteiger partial charge on any atom is 0.248 e. The van der Waals surface area contributed by atoms with Crippen molar-refractivity contribution in [2.75, 3.05) is 33.3 Å². The summed E-state index contributed by atoms with van der Waals surface area (Å²) in [4.78, 5) is 47.3. The number of hydrogen-bond acceptors (Lipinski definition) is 5. The summed E-state index contributed by atoms with van der Waals surface area (Å²) in [6, 6.07) is 8.11. The molecule has 3 aliphatic heterocycles. The van der Waals surface area contributed by atoms with Crippen LogP contribution >= 0.6 is 0 Å². The number of likely N-dealkylation sites (tertiary alicyclic amines) is 1. The van der Waals surface area contributed by atoms with Crippen LogP contribution in [0.15, 0.2) is 55.6 Å². The van der Waals surface area contributed by atoms with E-state index in [1.54, 1.807) is 33.9 Å². The van der Waals surface area contributed by atoms with Crippen LogP contribution in [0.5, 0.6) is 0 Å². The average molecular weight is 538 g/mol. The Labute approximate surface area is 232 Å². The van der Waals surface area contributed by atoms with Gasteiger partial charge in [0.05, 0.1) is 30.6 Å². The van der Waals surface area contributed by atoms with E-state index in [4.69, 9.17) is 4.74 Å². The predicted molar refractivity (Wildman–Crippen MR) is 150 cm³/mol. The molecule has 4 rings (SSSR count). The molecule has 3 saturated heterocycles. The van der Waals surface area contributed by atoms with Crippen LogP contribution in [-0.4, -0.2) is 94.6 Å². The highest BCUT2D eigenvalue weighted by molar-refractivity contribution is 5.99. The Bertz CT molecular complexity index is 1060. The summed E-state index contributed by atoms with van der Waals surface area (Å²) >= 11 is 0. The number of ether oxygens (including phenoxy) is 1. The lowest BCUT2D eigenvalue weighted by molar-refractivity contribution is -0.151. The van der Waals surface area contributed by atoms with Crippen molar-refractivity contribution in [1.82, 2.24) is 14.7 Å². The Morgan fingerprint density at radius 3 is 2.54 bits per heavy atom. The number of unbranched alkanes of at least 4 members (excludes halogenated alkanes) is 2. The Kier molecular flexibility index (Phi) is 9.28. The molecule has 0 aromatic heterocycles. The third-order valence-corrected chi connectivity index (χ3v) is 8.65. The third kappa shape index (κ3) is 5.29. The van der Waals surface area contributed by atoms with Gasteiger partial charge in [-0.15, -0.1) is 13.2 Å². The molecule has 0 saturated carbocycles. The van der Waals surface area contributed by atoms with Gasteiger partial charge < -0.3 is 24.5 Å². The van der Waals surface area contributed by atoms with Gasteiger partial charge in [0.2, 0.25) is 17.7 Å². The summed E-state index contributed by atoms with van der Waals surface area (Å²) in [6.45, 7) is 10.7. The van der Waals surface area contributed by atoms with Crippen LogP contribution in [0.3, 0.4) is 0 Å². The minimum absolute atomic E-state index is 0.164. The minimum Gasteiger partial charge on any atom is -0.394 e. The van der Waals surface area contributed by atoms with Crippen molar-refractivity contribution in [1.29, 1.82) is 0 Å². The quantitative estimate of drug-likeness (QED) is 0.291. The number of aliphatic hydroxyl groups excluding tert-OH is 1. The zero-order chi connectivity index (χ0) is 28.2. The van der Waals surface area contributed by atoms with Gasteiger partial charge in [-0.25, -0.2) is 0 Å². The molecule has 1 N–H and O–H groups in total. The average Bonchev–Trinajstić information content (AvgIpc) is 3.58. The van der Waals surface area contributed by atoms with Crippen LogP contribution in [0.4, 0.5) is 0 Å². The third-order valence-electron chi connectivity index (χ3n) is 8.65. The number of hydrogen-bond donors (Lipinski definition) is 1. The second-order valence-corrected chi connectivity index (χ2v) is 11.1. The van der Waals surface area contributed by atoms with Gasteiger partial charge in [0.15, 0.2) is 0 Å². The van der Waals surface area contributed by atoms with Gasteiger partial charge in [0.1, 0.15) is 11.6 Å². The molecular weight excluding hydrogens is 494 g/mol. The lowest BCUT2D eigenvalue weighted by Gasteiger charge is -2.39. The lowest BCUT2D eigenvalue weighted by Crippen LogP contribution is -2.59. The number of nitrogens with zero attached hydrogens (tertiary/aromatic N) is 3. The monoisotopic (exact) mass is 537 g/mol. The van der Waals surface area contributed by atoms with Crippen LogP contribution in [0.2, 0.25) is 0 Å². The fourth-order valence-electron chi connectivity index (χ4n) is 6.89. The molecule has 6 atom stereocenters. The number of carbonyl (C=O) groups is 3. The van der Waals surface area contributed by atoms with Crippen molar-refractivity contribution in [3.05, 3.63) is 61.2 Å². The summed E-state index contributed by atoms with van der Waals surface area (Å²) in [6.07, 6.45) is 7.33. The molecule has 39 heavy (non-hydrogen) atoms. The zero-order valence-corrected chi connectivity index (χ0v) is 23.3. The Balaban J connectivity index is 1.76. The highest BCUT2D eigenvalue weighted by Gasteiger charge is 2.75. The van der Waals surface area contributed by atoms with Gasteiger partial charge in [-0.3, -0.25) is 14.4 Å². The Morgan fingerprint density at radius 2 is 1.90 bits per heavy atom. The van der Waals surface area contributed by atoms with E-state index in [1.807, 2.05) is 30.3 Å². The summed E-state index contributed by atoms with van der Waals surface area (Å²) < 4.78 is 6.59. The van der Waals surface area contributed by atoms with Crippen molar-refractivity contribution in [2.24, 2.45) is 11.8 Å². The summed E-state index contributed by atoms with van der Waals surface area (Å²) in [5, 5.41) is 10.6. The van der Waals surface area contributed by atoms with Gasteiger partial charge in [-0.05, 0) is 31.2 Å². The number of carbonyl (C=O) groups excluding carboxylic acids is 3. The maximum absolute atomic E-state index is 14.4. The van der Waals surface area contributed by atoms with E-state index < -0.39 is 35.6 Å². The zero-order valence-electron chi connectivity index (χ0n) is 23.3. The second kappa shape index (κ2) is 12.5. The molecule has 3 heterocycles. The number of amides is 3. The van der Waals surface area contributed by atoms with Crippen LogP contribution in [0.1, 0.15) is 44.6 Å². The van der Waals surface area contributed by atoms with E-state index in [2.05, 4.69) is 20.1 Å². The number of fused-ring (bicyclic) bond motifs is 1. The highest BCUT2D eigenvalue weighted by Crippen LogP contribution is 2.59. The molecule has 8 nitrogen and oxygen atoms in total. The molecule has 1 spiro atoms. The second-order valence-electron chi connectivity index (χ2n) is 11.1. The molecule has 8 heteroatoms. The first-order valence-electron chi connectivity index (χ1n) is 14.2. The maximum atomic E-state index is 14.4. The molecule has 0 radical (unpaired) electrons. The molecule has 2 bridgehead atoms. The van der Waals surface area contributed by atoms with Crippen LogP contribution in [0, 0.1) is 11.8 Å². The molecule has 1 aromatic rings. The fraction of sp³-hybridized carbons (Fsp3) is 0.581. The van der Waals surface area contributed by atoms with Crippen LogP contribution < -0.4 is 0 Å². The number of aliphatic hydroxyl groups is 1. The lowest BCUT2D eigenvalue weighted by atomic mass is 9.70. The SMILES string of the molecule is C=CCN(C)C(=O)[C@@H]1[C@@H]2CCC3(O2)C(C(=O)N(CC=C)CCCCC)N([C@@H](CO)Cc2ccccc2)C(=O)[C@H]13. The van der Waals surface area contributed by atoms with Gasteiger partial charge in [0, 0.05) is 26.7 Å². The molecule has 2 unspecified atom stereocenters. The van der Waals surface area contributed by atoms with Crippen LogP contribution in [0.25, 0.3) is 0 Å². The fourth-order valence-corrected chi connectivity index (χ4v) is 6.89. The van der Waals surface area contributed by atoms with Crippen molar-refractivity contribution >= 4 is 17.7 Å². The first-order chi connectivity index (χ1) is 18.8. The van der Waals surface area contributed by atoms with E-state index in [0.29, 0.717) is 38.9 Å². The smallest absolute Gasteiger partial charge is 0.248 e. The Morgan fingerprint density at radius 1 is 1.18 bits per heavy atom.